The number of hydrogen-bond acceptors (Lipinski definition) is 1. The van der Waals surface area contributed by atoms with Gasteiger partial charge in [0.05, 0.1) is 11.8 Å². The molecule has 0 fully saturated rings. The van der Waals surface area contributed by atoms with Crippen molar-refractivity contribution in [1.29, 1.82) is 0 Å². The molecule has 100 valence electrons. The van der Waals surface area contributed by atoms with Crippen LogP contribution in [0, 0.1) is 11.7 Å². The Kier molecular flexibility index (Phi) is 4.61. The Bertz CT molecular complexity index is 459. The second-order valence-electron chi connectivity index (χ2n) is 3.78. The normalized spacial score (nSPS) is 15.3. The van der Waals surface area contributed by atoms with E-state index in [0.717, 1.165) is 19.1 Å². The maximum Gasteiger partial charge on any atom is 0.392 e. The average Bonchev–Trinajstić information content (AvgIpc) is 2.19. The third-order valence-electron chi connectivity index (χ3n) is 2.56. The molecule has 1 unspecified atom stereocenters. The number of halogens is 6. The van der Waals surface area contributed by atoms with E-state index in [2.05, 4.69) is 0 Å². The lowest BCUT2D eigenvalue weighted by atomic mass is 9.87. The summed E-state index contributed by atoms with van der Waals surface area (Å²) >= 11 is 10.6. The first-order valence-electron chi connectivity index (χ1n) is 4.85. The summed E-state index contributed by atoms with van der Waals surface area (Å²) in [5.74, 6) is -4.86. The molecule has 0 aliphatic heterocycles. The van der Waals surface area contributed by atoms with Gasteiger partial charge in [0.1, 0.15) is 5.82 Å². The predicted molar refractivity (Wildman–Crippen MR) is 60.2 cm³/mol. The summed E-state index contributed by atoms with van der Waals surface area (Å²) in [5, 5.41) is -1.24. The van der Waals surface area contributed by atoms with Crippen LogP contribution in [0.15, 0.2) is 18.2 Å². The number of benzene rings is 1. The van der Waals surface area contributed by atoms with E-state index < -0.39 is 34.6 Å². The number of carbonyl (C=O) groups is 1. The molecule has 18 heavy (non-hydrogen) atoms. The average molecular weight is 303 g/mol. The fourth-order valence-electron chi connectivity index (χ4n) is 1.53. The Hall–Kier alpha value is -0.810. The molecule has 0 heterocycles. The summed E-state index contributed by atoms with van der Waals surface area (Å²) in [7, 11) is 0. The predicted octanol–water partition coefficient (Wildman–Crippen LogP) is 4.53. The van der Waals surface area contributed by atoms with Crippen LogP contribution in [0.5, 0.6) is 0 Å². The van der Waals surface area contributed by atoms with Gasteiger partial charge in [-0.2, -0.15) is 13.2 Å². The number of hydrogen-bond donors (Lipinski definition) is 0. The van der Waals surface area contributed by atoms with Gasteiger partial charge >= 0.3 is 6.18 Å². The van der Waals surface area contributed by atoms with Gasteiger partial charge < -0.3 is 0 Å². The van der Waals surface area contributed by atoms with Gasteiger partial charge in [-0.3, -0.25) is 4.79 Å². The highest BCUT2D eigenvalue weighted by molar-refractivity contribution is 6.64. The van der Waals surface area contributed by atoms with Crippen LogP contribution in [0.4, 0.5) is 17.6 Å². The maximum atomic E-state index is 13.5. The molecular weight excluding hydrogens is 295 g/mol. The maximum absolute atomic E-state index is 13.5. The molecule has 0 aliphatic carbocycles. The summed E-state index contributed by atoms with van der Waals surface area (Å²) < 4.78 is 51.3. The highest BCUT2D eigenvalue weighted by Crippen LogP contribution is 2.39. The van der Waals surface area contributed by atoms with Crippen molar-refractivity contribution in [3.63, 3.8) is 0 Å². The minimum absolute atomic E-state index is 0.0247. The largest absolute Gasteiger partial charge is 0.392 e. The van der Waals surface area contributed by atoms with Gasteiger partial charge in [-0.25, -0.2) is 4.39 Å². The Morgan fingerprint density at radius 1 is 1.33 bits per heavy atom. The van der Waals surface area contributed by atoms with Gasteiger partial charge in [-0.15, -0.1) is 0 Å². The molecule has 7 heteroatoms. The monoisotopic (exact) mass is 302 g/mol. The topological polar surface area (TPSA) is 17.1 Å². The molecule has 1 aromatic carbocycles. The van der Waals surface area contributed by atoms with E-state index in [1.54, 1.807) is 0 Å². The molecule has 0 saturated carbocycles. The molecule has 0 aliphatic rings. The van der Waals surface area contributed by atoms with E-state index in [4.69, 9.17) is 23.2 Å². The SMILES string of the molecule is C[C@H](C(C(=O)Cl)c1ccc(Cl)cc1F)C(F)(F)F. The van der Waals surface area contributed by atoms with Crippen molar-refractivity contribution in [2.75, 3.05) is 0 Å². The van der Waals surface area contributed by atoms with E-state index >= 15 is 0 Å². The van der Waals surface area contributed by atoms with Crippen LogP contribution in [0.25, 0.3) is 0 Å². The van der Waals surface area contributed by atoms with Crippen molar-refractivity contribution in [3.05, 3.63) is 34.6 Å². The van der Waals surface area contributed by atoms with Crippen LogP contribution in [0.2, 0.25) is 5.02 Å². The zero-order valence-electron chi connectivity index (χ0n) is 9.06. The summed E-state index contributed by atoms with van der Waals surface area (Å²) in [6.45, 7) is 0.777. The molecule has 1 aromatic rings. The summed E-state index contributed by atoms with van der Waals surface area (Å²) in [4.78, 5) is 11.1. The molecule has 0 N–H and O–H groups in total. The molecule has 0 radical (unpaired) electrons. The fourth-order valence-corrected chi connectivity index (χ4v) is 2.00. The first-order chi connectivity index (χ1) is 8.14. The van der Waals surface area contributed by atoms with Crippen LogP contribution < -0.4 is 0 Å². The molecule has 0 amide bonds. The molecule has 2 atom stereocenters. The quantitative estimate of drug-likeness (QED) is 0.592. The lowest BCUT2D eigenvalue weighted by Crippen LogP contribution is -2.30. The first kappa shape index (κ1) is 15.2. The standard InChI is InChI=1S/C11H8Cl2F4O/c1-5(11(15,16)17)9(10(13)18)7-3-2-6(12)4-8(7)14/h2-5,9H,1H3/t5-,9?/m1/s1. The van der Waals surface area contributed by atoms with Gasteiger partial charge in [0.15, 0.2) is 0 Å². The Balaban J connectivity index is 3.25. The smallest absolute Gasteiger partial charge is 0.281 e. The number of alkyl halides is 3. The van der Waals surface area contributed by atoms with E-state index in [1.165, 1.54) is 6.07 Å². The Morgan fingerprint density at radius 3 is 2.28 bits per heavy atom. The second-order valence-corrected chi connectivity index (χ2v) is 4.59. The lowest BCUT2D eigenvalue weighted by molar-refractivity contribution is -0.177. The number of carbonyl (C=O) groups excluding carboxylic acids is 1. The third kappa shape index (κ3) is 3.36. The molecule has 0 saturated heterocycles. The molecular formula is C11H8Cl2F4O. The van der Waals surface area contributed by atoms with Crippen molar-refractivity contribution in [2.45, 2.75) is 19.0 Å². The zero-order chi connectivity index (χ0) is 14.1. The Labute approximate surface area is 111 Å². The third-order valence-corrected chi connectivity index (χ3v) is 3.03. The highest BCUT2D eigenvalue weighted by atomic mass is 35.5. The van der Waals surface area contributed by atoms with Gasteiger partial charge in [0.2, 0.25) is 5.24 Å². The van der Waals surface area contributed by atoms with Crippen LogP contribution in [0.1, 0.15) is 18.4 Å². The van der Waals surface area contributed by atoms with Crippen LogP contribution in [-0.4, -0.2) is 11.4 Å². The Morgan fingerprint density at radius 2 is 1.89 bits per heavy atom. The highest BCUT2D eigenvalue weighted by Gasteiger charge is 2.45. The van der Waals surface area contributed by atoms with Gasteiger partial charge in [-0.1, -0.05) is 24.6 Å². The van der Waals surface area contributed by atoms with Crippen LogP contribution >= 0.6 is 23.2 Å². The van der Waals surface area contributed by atoms with Gasteiger partial charge in [0.25, 0.3) is 0 Å². The van der Waals surface area contributed by atoms with Crippen molar-refractivity contribution < 1.29 is 22.4 Å². The summed E-state index contributed by atoms with van der Waals surface area (Å²) in [6.07, 6.45) is -4.65. The van der Waals surface area contributed by atoms with Crippen molar-refractivity contribution in [2.24, 2.45) is 5.92 Å². The van der Waals surface area contributed by atoms with Crippen molar-refractivity contribution in [1.82, 2.24) is 0 Å². The van der Waals surface area contributed by atoms with Crippen LogP contribution in [0.3, 0.4) is 0 Å². The molecule has 0 spiro atoms. The van der Waals surface area contributed by atoms with Crippen LogP contribution in [-0.2, 0) is 4.79 Å². The fraction of sp³-hybridized carbons (Fsp3) is 0.364. The van der Waals surface area contributed by atoms with E-state index in [-0.39, 0.29) is 5.02 Å². The molecule has 0 bridgehead atoms. The van der Waals surface area contributed by atoms with Crippen molar-refractivity contribution in [3.8, 4) is 0 Å². The van der Waals surface area contributed by atoms with E-state index in [0.29, 0.717) is 0 Å². The lowest BCUT2D eigenvalue weighted by Gasteiger charge is -2.23. The van der Waals surface area contributed by atoms with Gasteiger partial charge in [0, 0.05) is 10.6 Å². The summed E-state index contributed by atoms with van der Waals surface area (Å²) in [5.41, 5.74) is -0.413. The number of rotatable bonds is 3. The minimum Gasteiger partial charge on any atom is -0.281 e. The molecule has 0 aromatic heterocycles. The molecule has 1 rings (SSSR count). The zero-order valence-corrected chi connectivity index (χ0v) is 10.6. The van der Waals surface area contributed by atoms with E-state index in [9.17, 15) is 22.4 Å². The van der Waals surface area contributed by atoms with E-state index in [1.807, 2.05) is 0 Å². The van der Waals surface area contributed by atoms with Gasteiger partial charge in [-0.05, 0) is 23.7 Å². The summed E-state index contributed by atoms with van der Waals surface area (Å²) in [6, 6.07) is 3.08. The molecule has 1 nitrogen and oxygen atoms in total. The second kappa shape index (κ2) is 5.45. The first-order valence-corrected chi connectivity index (χ1v) is 5.61. The van der Waals surface area contributed by atoms with Crippen molar-refractivity contribution >= 4 is 28.4 Å². The minimum atomic E-state index is -4.65.